The minimum absolute atomic E-state index is 0.219. The molecule has 0 aliphatic heterocycles. The Hall–Kier alpha value is -3.81. The summed E-state index contributed by atoms with van der Waals surface area (Å²) in [6, 6.07) is 15.9. The van der Waals surface area contributed by atoms with Crippen LogP contribution in [0.5, 0.6) is 5.75 Å². The second-order valence-corrected chi connectivity index (χ2v) is 8.78. The van der Waals surface area contributed by atoms with E-state index in [1.165, 1.54) is 6.07 Å². The summed E-state index contributed by atoms with van der Waals surface area (Å²) in [5.41, 5.74) is 3.47. The molecule has 35 heavy (non-hydrogen) atoms. The van der Waals surface area contributed by atoms with Crippen molar-refractivity contribution in [2.75, 3.05) is 7.11 Å². The SMILES string of the molecule is COc1cncc(-c2ccc(C(C)(c3ccc(-c4ccc(C(F)(F)F)nn4)cc3)C(C)C)nc2)c1. The molecule has 0 spiro atoms. The van der Waals surface area contributed by atoms with E-state index >= 15 is 0 Å². The first-order valence-corrected chi connectivity index (χ1v) is 11.1. The van der Waals surface area contributed by atoms with Crippen LogP contribution in [0, 0.1) is 5.92 Å². The molecular weight excluding hydrogens is 453 g/mol. The first-order chi connectivity index (χ1) is 16.6. The molecule has 0 amide bonds. The molecule has 0 fully saturated rings. The van der Waals surface area contributed by atoms with Crippen LogP contribution in [0.4, 0.5) is 13.2 Å². The van der Waals surface area contributed by atoms with E-state index in [2.05, 4.69) is 36.0 Å². The Labute approximate surface area is 202 Å². The number of hydrogen-bond donors (Lipinski definition) is 0. The van der Waals surface area contributed by atoms with Crippen molar-refractivity contribution in [2.45, 2.75) is 32.4 Å². The Kier molecular flexibility index (Phi) is 6.56. The summed E-state index contributed by atoms with van der Waals surface area (Å²) in [5, 5.41) is 7.08. The predicted octanol–water partition coefficient (Wildman–Crippen LogP) is 6.59. The highest BCUT2D eigenvalue weighted by atomic mass is 19.4. The normalized spacial score (nSPS) is 13.5. The summed E-state index contributed by atoms with van der Waals surface area (Å²) in [6.07, 6.45) is 0.740. The fourth-order valence-corrected chi connectivity index (χ4v) is 3.96. The van der Waals surface area contributed by atoms with E-state index in [0.29, 0.717) is 17.0 Å². The second kappa shape index (κ2) is 9.44. The van der Waals surface area contributed by atoms with E-state index in [1.54, 1.807) is 19.5 Å². The lowest BCUT2D eigenvalue weighted by atomic mass is 9.70. The Bertz CT molecular complexity index is 1290. The van der Waals surface area contributed by atoms with Crippen LogP contribution in [-0.2, 0) is 11.6 Å². The molecule has 0 aliphatic rings. The van der Waals surface area contributed by atoms with Crippen molar-refractivity contribution < 1.29 is 17.9 Å². The summed E-state index contributed by atoms with van der Waals surface area (Å²) < 4.78 is 43.6. The van der Waals surface area contributed by atoms with Gasteiger partial charge in [-0.15, -0.1) is 10.2 Å². The van der Waals surface area contributed by atoms with Gasteiger partial charge in [0.1, 0.15) is 5.75 Å². The van der Waals surface area contributed by atoms with Crippen molar-refractivity contribution in [3.05, 3.63) is 90.1 Å². The molecule has 4 rings (SSSR count). The van der Waals surface area contributed by atoms with Gasteiger partial charge in [0.05, 0.1) is 24.7 Å². The van der Waals surface area contributed by atoms with Gasteiger partial charge in [0.25, 0.3) is 0 Å². The summed E-state index contributed by atoms with van der Waals surface area (Å²) in [5.74, 6) is 0.896. The lowest BCUT2D eigenvalue weighted by Crippen LogP contribution is -2.31. The molecule has 1 atom stereocenters. The fourth-order valence-electron chi connectivity index (χ4n) is 3.96. The van der Waals surface area contributed by atoms with Crippen molar-refractivity contribution >= 4 is 0 Å². The Morgan fingerprint density at radius 2 is 1.46 bits per heavy atom. The number of pyridine rings is 2. The third-order valence-electron chi connectivity index (χ3n) is 6.47. The van der Waals surface area contributed by atoms with Gasteiger partial charge in [-0.1, -0.05) is 44.2 Å². The summed E-state index contributed by atoms with van der Waals surface area (Å²) in [6.45, 7) is 6.41. The van der Waals surface area contributed by atoms with Crippen LogP contribution in [0.3, 0.4) is 0 Å². The monoisotopic (exact) mass is 478 g/mol. The van der Waals surface area contributed by atoms with Gasteiger partial charge in [-0.3, -0.25) is 9.97 Å². The van der Waals surface area contributed by atoms with Gasteiger partial charge in [-0.05, 0) is 42.7 Å². The smallest absolute Gasteiger partial charge is 0.435 e. The maximum atomic E-state index is 12.8. The highest BCUT2D eigenvalue weighted by Gasteiger charge is 2.34. The first kappa shape index (κ1) is 24.3. The maximum absolute atomic E-state index is 12.8. The van der Waals surface area contributed by atoms with Crippen LogP contribution < -0.4 is 4.74 Å². The molecule has 0 bridgehead atoms. The summed E-state index contributed by atoms with van der Waals surface area (Å²) in [4.78, 5) is 9.01. The molecule has 1 aromatic carbocycles. The molecule has 3 heterocycles. The number of ether oxygens (including phenoxy) is 1. The van der Waals surface area contributed by atoms with Gasteiger partial charge in [-0.25, -0.2) is 0 Å². The van der Waals surface area contributed by atoms with E-state index in [1.807, 2.05) is 48.7 Å². The second-order valence-electron chi connectivity index (χ2n) is 8.78. The van der Waals surface area contributed by atoms with E-state index in [4.69, 9.17) is 9.72 Å². The third kappa shape index (κ3) is 4.87. The molecule has 180 valence electrons. The van der Waals surface area contributed by atoms with Crippen molar-refractivity contribution in [3.63, 3.8) is 0 Å². The maximum Gasteiger partial charge on any atom is 0.435 e. The number of rotatable bonds is 6. The van der Waals surface area contributed by atoms with Gasteiger partial charge >= 0.3 is 6.18 Å². The molecule has 8 heteroatoms. The van der Waals surface area contributed by atoms with Crippen molar-refractivity contribution in [3.8, 4) is 28.1 Å². The van der Waals surface area contributed by atoms with Gasteiger partial charge < -0.3 is 4.74 Å². The van der Waals surface area contributed by atoms with E-state index in [-0.39, 0.29) is 5.92 Å². The number of aromatic nitrogens is 4. The molecule has 0 saturated heterocycles. The molecule has 0 aliphatic carbocycles. The minimum Gasteiger partial charge on any atom is -0.495 e. The third-order valence-corrected chi connectivity index (χ3v) is 6.47. The molecule has 0 saturated carbocycles. The van der Waals surface area contributed by atoms with E-state index in [9.17, 15) is 13.2 Å². The number of alkyl halides is 3. The molecular formula is C27H25F3N4O. The standard InChI is InChI=1S/C27H25F3N4O/c1-17(2)26(3,24-11-7-19(15-32-24)20-13-22(35-4)16-31-14-20)21-8-5-18(6-9-21)23-10-12-25(34-33-23)27(28,29)30/h5-17H,1-4H3. The molecule has 0 N–H and O–H groups in total. The first-order valence-electron chi connectivity index (χ1n) is 11.1. The zero-order valence-corrected chi connectivity index (χ0v) is 19.8. The number of benzene rings is 1. The number of methoxy groups -OCH3 is 1. The quantitative estimate of drug-likeness (QED) is 0.313. The van der Waals surface area contributed by atoms with E-state index in [0.717, 1.165) is 28.5 Å². The molecule has 5 nitrogen and oxygen atoms in total. The lowest BCUT2D eigenvalue weighted by molar-refractivity contribution is -0.141. The minimum atomic E-state index is -4.51. The highest BCUT2D eigenvalue weighted by molar-refractivity contribution is 5.63. The average Bonchev–Trinajstić information content (AvgIpc) is 2.88. The Balaban J connectivity index is 1.63. The van der Waals surface area contributed by atoms with Crippen LogP contribution >= 0.6 is 0 Å². The van der Waals surface area contributed by atoms with Gasteiger partial charge in [-0.2, -0.15) is 13.2 Å². The van der Waals surface area contributed by atoms with Crippen LogP contribution in [0.1, 0.15) is 37.7 Å². The van der Waals surface area contributed by atoms with Gasteiger partial charge in [0, 0.05) is 34.5 Å². The average molecular weight is 479 g/mol. The predicted molar refractivity (Wildman–Crippen MR) is 128 cm³/mol. The largest absolute Gasteiger partial charge is 0.495 e. The Morgan fingerprint density at radius 1 is 0.771 bits per heavy atom. The fraction of sp³-hybridized carbons (Fsp3) is 0.259. The topological polar surface area (TPSA) is 60.8 Å². The number of nitrogens with zero attached hydrogens (tertiary/aromatic N) is 4. The number of halogens is 3. The van der Waals surface area contributed by atoms with Crippen molar-refractivity contribution in [1.82, 2.24) is 20.2 Å². The van der Waals surface area contributed by atoms with Crippen molar-refractivity contribution in [1.29, 1.82) is 0 Å². The zero-order chi connectivity index (χ0) is 25.2. The van der Waals surface area contributed by atoms with Crippen LogP contribution in [0.2, 0.25) is 0 Å². The lowest BCUT2D eigenvalue weighted by Gasteiger charge is -2.34. The molecule has 4 aromatic rings. The molecule has 3 aromatic heterocycles. The van der Waals surface area contributed by atoms with Gasteiger partial charge in [0.15, 0.2) is 5.69 Å². The molecule has 0 radical (unpaired) electrons. The van der Waals surface area contributed by atoms with Crippen LogP contribution in [0.25, 0.3) is 22.4 Å². The highest BCUT2D eigenvalue weighted by Crippen LogP contribution is 2.39. The van der Waals surface area contributed by atoms with Crippen molar-refractivity contribution in [2.24, 2.45) is 5.92 Å². The number of hydrogen-bond acceptors (Lipinski definition) is 5. The van der Waals surface area contributed by atoms with E-state index < -0.39 is 17.3 Å². The Morgan fingerprint density at radius 3 is 2.00 bits per heavy atom. The van der Waals surface area contributed by atoms with Crippen LogP contribution in [-0.4, -0.2) is 27.3 Å². The summed E-state index contributed by atoms with van der Waals surface area (Å²) in [7, 11) is 1.60. The van der Waals surface area contributed by atoms with Gasteiger partial charge in [0.2, 0.25) is 0 Å². The van der Waals surface area contributed by atoms with Crippen LogP contribution in [0.15, 0.2) is 73.2 Å². The zero-order valence-electron chi connectivity index (χ0n) is 19.8. The molecule has 1 unspecified atom stereocenters. The summed E-state index contributed by atoms with van der Waals surface area (Å²) >= 11 is 0.